The summed E-state index contributed by atoms with van der Waals surface area (Å²) in [6.07, 6.45) is 0. The number of amides is 2. The SMILES string of the molecule is CC(C)(C)c1ccc(C(=O)N2CCNC(=O)C2c2ccc(F)cc2)cc1. The monoisotopic (exact) mass is 354 g/mol. The predicted molar refractivity (Wildman–Crippen MR) is 98.3 cm³/mol. The third-order valence-electron chi connectivity index (χ3n) is 4.66. The van der Waals surface area contributed by atoms with Crippen molar-refractivity contribution in [3.8, 4) is 0 Å². The lowest BCUT2D eigenvalue weighted by Gasteiger charge is -2.35. The minimum absolute atomic E-state index is 0.00321. The number of hydrogen-bond acceptors (Lipinski definition) is 2. The van der Waals surface area contributed by atoms with Crippen LogP contribution < -0.4 is 5.32 Å². The van der Waals surface area contributed by atoms with Crippen LogP contribution in [0.1, 0.15) is 48.3 Å². The third kappa shape index (κ3) is 3.62. The Bertz CT molecular complexity index is 807. The van der Waals surface area contributed by atoms with E-state index in [1.54, 1.807) is 29.2 Å². The minimum Gasteiger partial charge on any atom is -0.352 e. The molecule has 1 aliphatic rings. The number of halogens is 1. The normalized spacial score (nSPS) is 17.8. The quantitative estimate of drug-likeness (QED) is 0.898. The number of nitrogens with zero attached hydrogens (tertiary/aromatic N) is 1. The Morgan fingerprint density at radius 1 is 1.08 bits per heavy atom. The first-order chi connectivity index (χ1) is 12.3. The molecule has 3 rings (SSSR count). The van der Waals surface area contributed by atoms with Crippen LogP contribution in [0.4, 0.5) is 4.39 Å². The zero-order chi connectivity index (χ0) is 18.9. The van der Waals surface area contributed by atoms with E-state index >= 15 is 0 Å². The van der Waals surface area contributed by atoms with Gasteiger partial charge in [-0.3, -0.25) is 9.59 Å². The van der Waals surface area contributed by atoms with Gasteiger partial charge in [0.1, 0.15) is 11.9 Å². The average molecular weight is 354 g/mol. The van der Waals surface area contributed by atoms with Gasteiger partial charge in [-0.05, 0) is 40.8 Å². The van der Waals surface area contributed by atoms with Crippen molar-refractivity contribution < 1.29 is 14.0 Å². The topological polar surface area (TPSA) is 49.4 Å². The molecule has 0 radical (unpaired) electrons. The molecule has 1 atom stereocenters. The number of carbonyl (C=O) groups excluding carboxylic acids is 2. The van der Waals surface area contributed by atoms with Crippen molar-refractivity contribution in [3.63, 3.8) is 0 Å². The maximum Gasteiger partial charge on any atom is 0.254 e. The Labute approximate surface area is 153 Å². The van der Waals surface area contributed by atoms with Gasteiger partial charge in [0.15, 0.2) is 0 Å². The molecule has 0 aromatic heterocycles. The summed E-state index contributed by atoms with van der Waals surface area (Å²) in [4.78, 5) is 27.0. The van der Waals surface area contributed by atoms with Crippen LogP contribution in [0.2, 0.25) is 0 Å². The summed E-state index contributed by atoms with van der Waals surface area (Å²) in [5.74, 6) is -0.822. The fourth-order valence-corrected chi connectivity index (χ4v) is 3.14. The van der Waals surface area contributed by atoms with Gasteiger partial charge in [0.25, 0.3) is 5.91 Å². The van der Waals surface area contributed by atoms with Gasteiger partial charge in [-0.15, -0.1) is 0 Å². The molecule has 1 aliphatic heterocycles. The highest BCUT2D eigenvalue weighted by atomic mass is 19.1. The lowest BCUT2D eigenvalue weighted by atomic mass is 9.86. The Kier molecular flexibility index (Phi) is 4.81. The van der Waals surface area contributed by atoms with E-state index in [-0.39, 0.29) is 23.0 Å². The fourth-order valence-electron chi connectivity index (χ4n) is 3.14. The van der Waals surface area contributed by atoms with Crippen LogP contribution in [0, 0.1) is 5.82 Å². The van der Waals surface area contributed by atoms with Gasteiger partial charge < -0.3 is 10.2 Å². The highest BCUT2D eigenvalue weighted by molar-refractivity contribution is 5.98. The lowest BCUT2D eigenvalue weighted by Crippen LogP contribution is -2.52. The lowest BCUT2D eigenvalue weighted by molar-refractivity contribution is -0.128. The molecule has 1 unspecified atom stereocenters. The summed E-state index contributed by atoms with van der Waals surface area (Å²) in [5.41, 5.74) is 2.28. The molecule has 1 N–H and O–H groups in total. The molecule has 0 aliphatic carbocycles. The molecule has 1 saturated heterocycles. The number of benzene rings is 2. The highest BCUT2D eigenvalue weighted by Gasteiger charge is 2.34. The molecule has 4 nitrogen and oxygen atoms in total. The molecule has 136 valence electrons. The van der Waals surface area contributed by atoms with Crippen molar-refractivity contribution in [1.29, 1.82) is 0 Å². The van der Waals surface area contributed by atoms with E-state index in [1.165, 1.54) is 12.1 Å². The van der Waals surface area contributed by atoms with E-state index < -0.39 is 6.04 Å². The van der Waals surface area contributed by atoms with E-state index in [0.29, 0.717) is 24.2 Å². The van der Waals surface area contributed by atoms with E-state index in [0.717, 1.165) is 5.56 Å². The molecular weight excluding hydrogens is 331 g/mol. The van der Waals surface area contributed by atoms with Gasteiger partial charge >= 0.3 is 0 Å². The van der Waals surface area contributed by atoms with Crippen LogP contribution in [0.25, 0.3) is 0 Å². The second-order valence-corrected chi connectivity index (χ2v) is 7.57. The van der Waals surface area contributed by atoms with Crippen LogP contribution in [0.5, 0.6) is 0 Å². The molecule has 5 heteroatoms. The van der Waals surface area contributed by atoms with Crippen molar-refractivity contribution in [3.05, 3.63) is 71.0 Å². The van der Waals surface area contributed by atoms with Crippen molar-refractivity contribution in [1.82, 2.24) is 10.2 Å². The number of carbonyl (C=O) groups is 2. The molecule has 0 spiro atoms. The van der Waals surface area contributed by atoms with Crippen LogP contribution in [0.15, 0.2) is 48.5 Å². The summed E-state index contributed by atoms with van der Waals surface area (Å²) in [6.45, 7) is 7.16. The van der Waals surface area contributed by atoms with Crippen LogP contribution in [0.3, 0.4) is 0 Å². The Morgan fingerprint density at radius 3 is 2.27 bits per heavy atom. The minimum atomic E-state index is -0.751. The number of rotatable bonds is 2. The van der Waals surface area contributed by atoms with Gasteiger partial charge in [-0.2, -0.15) is 0 Å². The zero-order valence-corrected chi connectivity index (χ0v) is 15.3. The molecule has 0 bridgehead atoms. The third-order valence-corrected chi connectivity index (χ3v) is 4.66. The molecule has 26 heavy (non-hydrogen) atoms. The van der Waals surface area contributed by atoms with E-state index in [2.05, 4.69) is 26.1 Å². The number of nitrogens with one attached hydrogen (secondary N) is 1. The summed E-state index contributed by atoms with van der Waals surface area (Å²) < 4.78 is 13.2. The van der Waals surface area contributed by atoms with Gasteiger partial charge in [-0.1, -0.05) is 45.0 Å². The van der Waals surface area contributed by atoms with Gasteiger partial charge in [0.2, 0.25) is 5.91 Å². The van der Waals surface area contributed by atoms with E-state index in [1.807, 2.05) is 12.1 Å². The van der Waals surface area contributed by atoms with E-state index in [9.17, 15) is 14.0 Å². The molecule has 1 fully saturated rings. The summed E-state index contributed by atoms with van der Waals surface area (Å²) in [6, 6.07) is 12.5. The number of hydrogen-bond donors (Lipinski definition) is 1. The average Bonchev–Trinajstić information content (AvgIpc) is 2.61. The second kappa shape index (κ2) is 6.90. The molecule has 2 amide bonds. The summed E-state index contributed by atoms with van der Waals surface area (Å²) in [5, 5.41) is 2.78. The summed E-state index contributed by atoms with van der Waals surface area (Å²) in [7, 11) is 0. The van der Waals surface area contributed by atoms with Crippen molar-refractivity contribution in [2.75, 3.05) is 13.1 Å². The number of piperazine rings is 1. The first kappa shape index (κ1) is 18.1. The largest absolute Gasteiger partial charge is 0.352 e. The molecule has 2 aromatic carbocycles. The second-order valence-electron chi connectivity index (χ2n) is 7.57. The standard InChI is InChI=1S/C21H23FN2O2/c1-21(2,3)16-8-4-15(5-9-16)20(26)24-13-12-23-19(25)18(24)14-6-10-17(22)11-7-14/h4-11,18H,12-13H2,1-3H3,(H,23,25). The maximum absolute atomic E-state index is 13.2. The van der Waals surface area contributed by atoms with Gasteiger partial charge in [0.05, 0.1) is 0 Å². The molecule has 1 heterocycles. The van der Waals surface area contributed by atoms with Crippen molar-refractivity contribution in [2.45, 2.75) is 32.2 Å². The first-order valence-corrected chi connectivity index (χ1v) is 8.72. The van der Waals surface area contributed by atoms with Crippen LogP contribution in [-0.4, -0.2) is 29.8 Å². The molecule has 2 aromatic rings. The smallest absolute Gasteiger partial charge is 0.254 e. The highest BCUT2D eigenvalue weighted by Crippen LogP contribution is 2.27. The van der Waals surface area contributed by atoms with Crippen molar-refractivity contribution in [2.24, 2.45) is 0 Å². The van der Waals surface area contributed by atoms with Crippen LogP contribution in [-0.2, 0) is 10.2 Å². The maximum atomic E-state index is 13.2. The fraction of sp³-hybridized carbons (Fsp3) is 0.333. The predicted octanol–water partition coefficient (Wildman–Crippen LogP) is 3.44. The Morgan fingerprint density at radius 2 is 1.69 bits per heavy atom. The van der Waals surface area contributed by atoms with Crippen LogP contribution >= 0.6 is 0 Å². The van der Waals surface area contributed by atoms with Gasteiger partial charge in [0, 0.05) is 18.7 Å². The first-order valence-electron chi connectivity index (χ1n) is 8.72. The van der Waals surface area contributed by atoms with Gasteiger partial charge in [-0.25, -0.2) is 4.39 Å². The zero-order valence-electron chi connectivity index (χ0n) is 15.3. The Balaban J connectivity index is 1.90. The van der Waals surface area contributed by atoms with Crippen molar-refractivity contribution >= 4 is 11.8 Å². The molecular formula is C21H23FN2O2. The Hall–Kier alpha value is -2.69. The molecule has 0 saturated carbocycles. The summed E-state index contributed by atoms with van der Waals surface area (Å²) >= 11 is 0. The van der Waals surface area contributed by atoms with E-state index in [4.69, 9.17) is 0 Å².